The van der Waals surface area contributed by atoms with Crippen LogP contribution in [0.5, 0.6) is 0 Å². The fourth-order valence-corrected chi connectivity index (χ4v) is 3.24. The lowest BCUT2D eigenvalue weighted by Gasteiger charge is -2.20. The summed E-state index contributed by atoms with van der Waals surface area (Å²) in [5, 5.41) is 5.50. The van der Waals surface area contributed by atoms with Crippen LogP contribution in [0.4, 0.5) is 5.69 Å². The van der Waals surface area contributed by atoms with E-state index in [9.17, 15) is 0 Å². The molecule has 2 aromatic rings. The summed E-state index contributed by atoms with van der Waals surface area (Å²) >= 11 is 5.50. The van der Waals surface area contributed by atoms with Crippen LogP contribution >= 0.6 is 27.3 Å². The summed E-state index contributed by atoms with van der Waals surface area (Å²) in [5.74, 6) is 0. The second kappa shape index (κ2) is 7.81. The number of nitrogens with one attached hydrogen (secondary N) is 1. The zero-order valence-electron chi connectivity index (χ0n) is 12.0. The van der Waals surface area contributed by atoms with Crippen molar-refractivity contribution in [2.45, 2.75) is 19.9 Å². The van der Waals surface area contributed by atoms with Crippen molar-refractivity contribution in [3.8, 4) is 0 Å². The zero-order valence-corrected chi connectivity index (χ0v) is 14.4. The van der Waals surface area contributed by atoms with E-state index in [1.54, 1.807) is 0 Å². The van der Waals surface area contributed by atoms with Crippen LogP contribution in [0.25, 0.3) is 0 Å². The molecule has 0 amide bonds. The van der Waals surface area contributed by atoms with Gasteiger partial charge in [0.15, 0.2) is 0 Å². The predicted octanol–water partition coefficient (Wildman–Crippen LogP) is 4.30. The van der Waals surface area contributed by atoms with Crippen molar-refractivity contribution in [3.05, 3.63) is 50.6 Å². The predicted molar refractivity (Wildman–Crippen MR) is 92.8 cm³/mol. The monoisotopic (exact) mass is 352 g/mol. The molecule has 1 heterocycles. The van der Waals surface area contributed by atoms with Crippen LogP contribution < -0.4 is 10.2 Å². The molecule has 0 aliphatic rings. The molecule has 1 N–H and O–H groups in total. The highest BCUT2D eigenvalue weighted by molar-refractivity contribution is 9.10. The number of likely N-dealkylation sites (N-methyl/N-ethyl adjacent to an activating group) is 1. The Hall–Kier alpha value is -0.840. The minimum atomic E-state index is 0.913. The van der Waals surface area contributed by atoms with Crippen LogP contribution in [-0.4, -0.2) is 20.1 Å². The quantitative estimate of drug-likeness (QED) is 0.798. The molecule has 1 aromatic heterocycles. The summed E-state index contributed by atoms with van der Waals surface area (Å²) in [7, 11) is 2.15. The number of nitrogens with zero attached hydrogens (tertiary/aromatic N) is 1. The Balaban J connectivity index is 1.95. The molecule has 0 atom stereocenters. The van der Waals surface area contributed by atoms with E-state index in [-0.39, 0.29) is 0 Å². The fraction of sp³-hybridized carbons (Fsp3) is 0.375. The number of hydrogen-bond acceptors (Lipinski definition) is 3. The Labute approximate surface area is 133 Å². The maximum absolute atomic E-state index is 3.67. The average Bonchev–Trinajstić information content (AvgIpc) is 2.96. The molecule has 2 rings (SSSR count). The number of anilines is 1. The largest absolute Gasteiger partial charge is 0.374 e. The number of hydrogen-bond donors (Lipinski definition) is 1. The van der Waals surface area contributed by atoms with Gasteiger partial charge in [-0.15, -0.1) is 11.3 Å². The Morgan fingerprint density at radius 3 is 2.80 bits per heavy atom. The normalized spacial score (nSPS) is 10.8. The molecular formula is C16H21BrN2S. The maximum atomic E-state index is 3.67. The minimum Gasteiger partial charge on any atom is -0.374 e. The summed E-state index contributed by atoms with van der Waals surface area (Å²) < 4.78 is 1.18. The second-order valence-corrected chi connectivity index (χ2v) is 6.69. The van der Waals surface area contributed by atoms with Crippen molar-refractivity contribution in [1.82, 2.24) is 5.32 Å². The van der Waals surface area contributed by atoms with Gasteiger partial charge in [0.25, 0.3) is 0 Å². The van der Waals surface area contributed by atoms with Gasteiger partial charge in [0.2, 0.25) is 0 Å². The molecule has 0 unspecified atom stereocenters. The lowest BCUT2D eigenvalue weighted by molar-refractivity contribution is 0.724. The topological polar surface area (TPSA) is 15.3 Å². The molecule has 20 heavy (non-hydrogen) atoms. The van der Waals surface area contributed by atoms with Crippen molar-refractivity contribution in [3.63, 3.8) is 0 Å². The third-order valence-electron chi connectivity index (χ3n) is 3.32. The highest BCUT2D eigenvalue weighted by Crippen LogP contribution is 2.24. The molecule has 0 fully saturated rings. The maximum Gasteiger partial charge on any atom is 0.0375 e. The molecule has 1 aromatic carbocycles. The first-order chi connectivity index (χ1) is 9.70. The summed E-state index contributed by atoms with van der Waals surface area (Å²) in [4.78, 5) is 3.75. The van der Waals surface area contributed by atoms with Gasteiger partial charge in [0.1, 0.15) is 0 Å². The molecule has 108 valence electrons. The van der Waals surface area contributed by atoms with Crippen molar-refractivity contribution in [2.24, 2.45) is 0 Å². The van der Waals surface area contributed by atoms with Crippen molar-refractivity contribution >= 4 is 33.0 Å². The van der Waals surface area contributed by atoms with Crippen molar-refractivity contribution < 1.29 is 0 Å². The molecule has 0 aliphatic carbocycles. The van der Waals surface area contributed by atoms with Gasteiger partial charge in [-0.2, -0.15) is 0 Å². The Morgan fingerprint density at radius 1 is 1.30 bits per heavy atom. The van der Waals surface area contributed by atoms with E-state index in [2.05, 4.69) is 75.8 Å². The molecule has 0 bridgehead atoms. The molecule has 2 nitrogen and oxygen atoms in total. The van der Waals surface area contributed by atoms with Gasteiger partial charge in [-0.3, -0.25) is 0 Å². The summed E-state index contributed by atoms with van der Waals surface area (Å²) in [6, 6.07) is 10.9. The summed E-state index contributed by atoms with van der Waals surface area (Å²) in [5.41, 5.74) is 2.57. The Kier molecular flexibility index (Phi) is 6.07. The van der Waals surface area contributed by atoms with E-state index in [0.29, 0.717) is 0 Å². The average molecular weight is 353 g/mol. The SMILES string of the molecule is CCNCc1ccc(N(C)CCc2cccs2)cc1Br. The smallest absolute Gasteiger partial charge is 0.0375 e. The lowest BCUT2D eigenvalue weighted by atomic mass is 10.2. The van der Waals surface area contributed by atoms with Crippen LogP contribution in [0, 0.1) is 0 Å². The van der Waals surface area contributed by atoms with Gasteiger partial charge in [-0.1, -0.05) is 35.0 Å². The van der Waals surface area contributed by atoms with Crippen LogP contribution in [0.2, 0.25) is 0 Å². The van der Waals surface area contributed by atoms with Crippen LogP contribution in [0.1, 0.15) is 17.4 Å². The van der Waals surface area contributed by atoms with Crippen LogP contribution in [0.15, 0.2) is 40.2 Å². The Bertz CT molecular complexity index is 525. The molecule has 4 heteroatoms. The third kappa shape index (κ3) is 4.33. The van der Waals surface area contributed by atoms with Gasteiger partial charge in [0.05, 0.1) is 0 Å². The van der Waals surface area contributed by atoms with Gasteiger partial charge >= 0.3 is 0 Å². The number of thiophene rings is 1. The van der Waals surface area contributed by atoms with Crippen LogP contribution in [0.3, 0.4) is 0 Å². The number of halogens is 1. The molecule has 0 saturated carbocycles. The van der Waals surface area contributed by atoms with Gasteiger partial charge in [-0.25, -0.2) is 0 Å². The minimum absolute atomic E-state index is 0.913. The highest BCUT2D eigenvalue weighted by atomic mass is 79.9. The van der Waals surface area contributed by atoms with E-state index in [4.69, 9.17) is 0 Å². The first-order valence-electron chi connectivity index (χ1n) is 6.93. The second-order valence-electron chi connectivity index (χ2n) is 4.81. The van der Waals surface area contributed by atoms with E-state index >= 15 is 0 Å². The van der Waals surface area contributed by atoms with Crippen molar-refractivity contribution in [2.75, 3.05) is 25.0 Å². The van der Waals surface area contributed by atoms with Gasteiger partial charge < -0.3 is 10.2 Å². The highest BCUT2D eigenvalue weighted by Gasteiger charge is 2.05. The van der Waals surface area contributed by atoms with Gasteiger partial charge in [-0.05, 0) is 42.1 Å². The third-order valence-corrected chi connectivity index (χ3v) is 4.99. The molecular weight excluding hydrogens is 332 g/mol. The summed E-state index contributed by atoms with van der Waals surface area (Å²) in [6.45, 7) is 5.07. The number of benzene rings is 1. The van der Waals surface area contributed by atoms with Gasteiger partial charge in [0, 0.05) is 35.2 Å². The number of rotatable bonds is 7. The molecule has 0 spiro atoms. The van der Waals surface area contributed by atoms with E-state index in [1.165, 1.54) is 20.6 Å². The van der Waals surface area contributed by atoms with E-state index in [0.717, 1.165) is 26.1 Å². The fourth-order valence-electron chi connectivity index (χ4n) is 2.04. The first kappa shape index (κ1) is 15.5. The molecule has 0 radical (unpaired) electrons. The molecule has 0 aliphatic heterocycles. The van der Waals surface area contributed by atoms with Crippen LogP contribution in [-0.2, 0) is 13.0 Å². The standard InChI is InChI=1S/C16H21BrN2S/c1-3-18-12-13-6-7-14(11-16(13)17)19(2)9-8-15-5-4-10-20-15/h4-7,10-11,18H,3,8-9,12H2,1-2H3. The Morgan fingerprint density at radius 2 is 2.15 bits per heavy atom. The van der Waals surface area contributed by atoms with E-state index in [1.807, 2.05) is 11.3 Å². The van der Waals surface area contributed by atoms with Crippen molar-refractivity contribution in [1.29, 1.82) is 0 Å². The summed E-state index contributed by atoms with van der Waals surface area (Å²) in [6.07, 6.45) is 1.10. The molecule has 0 saturated heterocycles. The first-order valence-corrected chi connectivity index (χ1v) is 8.60. The zero-order chi connectivity index (χ0) is 14.4. The lowest BCUT2D eigenvalue weighted by Crippen LogP contribution is -2.20. The van der Waals surface area contributed by atoms with E-state index < -0.39 is 0 Å².